The van der Waals surface area contributed by atoms with Crippen molar-refractivity contribution in [2.24, 2.45) is 0 Å². The van der Waals surface area contributed by atoms with Crippen molar-refractivity contribution in [3.8, 4) is 11.4 Å². The highest BCUT2D eigenvalue weighted by atomic mass is 79.9. The van der Waals surface area contributed by atoms with Crippen molar-refractivity contribution in [1.82, 2.24) is 9.97 Å². The minimum atomic E-state index is 0.469. The van der Waals surface area contributed by atoms with Crippen LogP contribution < -0.4 is 0 Å². The number of hydrogen-bond acceptors (Lipinski definition) is 2. The van der Waals surface area contributed by atoms with Gasteiger partial charge in [0.05, 0.1) is 10.2 Å². The molecule has 0 aliphatic heterocycles. The first kappa shape index (κ1) is 12.4. The summed E-state index contributed by atoms with van der Waals surface area (Å²) in [6, 6.07) is 7.46. The maximum atomic E-state index is 6.15. The van der Waals surface area contributed by atoms with Gasteiger partial charge < -0.3 is 0 Å². The Kier molecular flexibility index (Phi) is 3.31. The lowest BCUT2D eigenvalue weighted by Crippen LogP contribution is -1.97. The molecule has 92 valence electrons. The van der Waals surface area contributed by atoms with E-state index in [1.165, 1.54) is 12.8 Å². The van der Waals surface area contributed by atoms with Gasteiger partial charge in [0.1, 0.15) is 5.15 Å². The summed E-state index contributed by atoms with van der Waals surface area (Å²) in [6.07, 6.45) is 2.35. The average molecular weight is 344 g/mol. The second-order valence-corrected chi connectivity index (χ2v) is 5.91. The van der Waals surface area contributed by atoms with E-state index in [4.69, 9.17) is 23.2 Å². The monoisotopic (exact) mass is 342 g/mol. The number of benzene rings is 1. The number of aromatic nitrogens is 2. The van der Waals surface area contributed by atoms with E-state index in [1.54, 1.807) is 0 Å². The smallest absolute Gasteiger partial charge is 0.161 e. The molecule has 0 atom stereocenters. The number of nitrogens with zero attached hydrogens (tertiary/aromatic N) is 2. The van der Waals surface area contributed by atoms with Crippen molar-refractivity contribution < 1.29 is 0 Å². The summed E-state index contributed by atoms with van der Waals surface area (Å²) < 4.78 is 0.824. The van der Waals surface area contributed by atoms with Gasteiger partial charge in [0.2, 0.25) is 0 Å². The van der Waals surface area contributed by atoms with Crippen molar-refractivity contribution in [1.29, 1.82) is 0 Å². The van der Waals surface area contributed by atoms with Crippen LogP contribution in [0.4, 0.5) is 0 Å². The Morgan fingerprint density at radius 3 is 2.33 bits per heavy atom. The van der Waals surface area contributed by atoms with E-state index in [9.17, 15) is 0 Å². The first-order valence-electron chi connectivity index (χ1n) is 5.64. The molecule has 1 heterocycles. The summed E-state index contributed by atoms with van der Waals surface area (Å²) >= 11 is 15.5. The molecular weight excluding hydrogens is 335 g/mol. The molecule has 0 spiro atoms. The van der Waals surface area contributed by atoms with Gasteiger partial charge in [0.15, 0.2) is 5.82 Å². The third-order valence-corrected chi connectivity index (χ3v) is 4.44. The molecule has 1 saturated carbocycles. The van der Waals surface area contributed by atoms with E-state index in [0.717, 1.165) is 15.7 Å². The van der Waals surface area contributed by atoms with Crippen LogP contribution in [-0.4, -0.2) is 9.97 Å². The molecule has 2 aromatic rings. The van der Waals surface area contributed by atoms with Crippen molar-refractivity contribution in [2.75, 3.05) is 0 Å². The molecule has 0 bridgehead atoms. The molecule has 0 saturated heterocycles. The van der Waals surface area contributed by atoms with E-state index in [2.05, 4.69) is 25.9 Å². The molecule has 2 nitrogen and oxygen atoms in total. The van der Waals surface area contributed by atoms with Crippen LogP contribution in [-0.2, 0) is 0 Å². The Balaban J connectivity index is 2.09. The van der Waals surface area contributed by atoms with Gasteiger partial charge in [-0.15, -0.1) is 0 Å². The SMILES string of the molecule is Clc1ccc(-c2nc(Cl)c(Br)c(C3CC3)n2)cc1. The first-order valence-corrected chi connectivity index (χ1v) is 7.19. The van der Waals surface area contributed by atoms with E-state index >= 15 is 0 Å². The lowest BCUT2D eigenvalue weighted by molar-refractivity contribution is 0.979. The molecule has 3 rings (SSSR count). The Labute approximate surface area is 123 Å². The number of rotatable bonds is 2. The van der Waals surface area contributed by atoms with Crippen LogP contribution in [0.2, 0.25) is 10.2 Å². The maximum Gasteiger partial charge on any atom is 0.161 e. The van der Waals surface area contributed by atoms with Crippen LogP contribution in [0.3, 0.4) is 0 Å². The van der Waals surface area contributed by atoms with Crippen molar-refractivity contribution in [2.45, 2.75) is 18.8 Å². The van der Waals surface area contributed by atoms with Crippen LogP contribution >= 0.6 is 39.1 Å². The predicted molar refractivity (Wildman–Crippen MR) is 77.2 cm³/mol. The summed E-state index contributed by atoms with van der Waals surface area (Å²) in [6.45, 7) is 0. The molecule has 1 aromatic heterocycles. The van der Waals surface area contributed by atoms with Crippen LogP contribution in [0, 0.1) is 0 Å². The van der Waals surface area contributed by atoms with Crippen molar-refractivity contribution in [3.63, 3.8) is 0 Å². The van der Waals surface area contributed by atoms with Gasteiger partial charge in [-0.3, -0.25) is 0 Å². The number of halogens is 3. The Bertz CT molecular complexity index is 595. The molecule has 1 aromatic carbocycles. The molecule has 0 radical (unpaired) electrons. The van der Waals surface area contributed by atoms with E-state index in [1.807, 2.05) is 24.3 Å². The molecular formula is C13H9BrCl2N2. The minimum Gasteiger partial charge on any atom is -0.231 e. The number of hydrogen-bond donors (Lipinski definition) is 0. The van der Waals surface area contributed by atoms with Gasteiger partial charge in [-0.1, -0.05) is 23.2 Å². The van der Waals surface area contributed by atoms with E-state index in [0.29, 0.717) is 21.9 Å². The maximum absolute atomic E-state index is 6.15. The zero-order chi connectivity index (χ0) is 12.7. The van der Waals surface area contributed by atoms with Gasteiger partial charge in [0, 0.05) is 16.5 Å². The van der Waals surface area contributed by atoms with E-state index < -0.39 is 0 Å². The van der Waals surface area contributed by atoms with Crippen LogP contribution in [0.25, 0.3) is 11.4 Å². The quantitative estimate of drug-likeness (QED) is 0.709. The molecule has 1 fully saturated rings. The van der Waals surface area contributed by atoms with Crippen LogP contribution in [0.1, 0.15) is 24.5 Å². The second kappa shape index (κ2) is 4.80. The highest BCUT2D eigenvalue weighted by Crippen LogP contribution is 2.44. The lowest BCUT2D eigenvalue weighted by atomic mass is 10.2. The normalized spacial score (nSPS) is 14.8. The van der Waals surface area contributed by atoms with Gasteiger partial charge >= 0.3 is 0 Å². The Hall–Kier alpha value is -0.640. The molecule has 1 aliphatic carbocycles. The van der Waals surface area contributed by atoms with Crippen molar-refractivity contribution in [3.05, 3.63) is 44.6 Å². The fraction of sp³-hybridized carbons (Fsp3) is 0.231. The molecule has 0 amide bonds. The first-order chi connectivity index (χ1) is 8.65. The third kappa shape index (κ3) is 2.40. The summed E-state index contributed by atoms with van der Waals surface area (Å²) in [5.41, 5.74) is 1.94. The summed E-state index contributed by atoms with van der Waals surface area (Å²) in [4.78, 5) is 8.92. The van der Waals surface area contributed by atoms with Crippen LogP contribution in [0.5, 0.6) is 0 Å². The van der Waals surface area contributed by atoms with Crippen molar-refractivity contribution >= 4 is 39.1 Å². The molecule has 0 N–H and O–H groups in total. The highest BCUT2D eigenvalue weighted by molar-refractivity contribution is 9.10. The van der Waals surface area contributed by atoms with Crippen LogP contribution in [0.15, 0.2) is 28.7 Å². The second-order valence-electron chi connectivity index (χ2n) is 4.32. The Morgan fingerprint density at radius 2 is 1.72 bits per heavy atom. The fourth-order valence-corrected chi connectivity index (χ4v) is 2.60. The zero-order valence-electron chi connectivity index (χ0n) is 9.33. The summed E-state index contributed by atoms with van der Waals surface area (Å²) in [5.74, 6) is 1.17. The Morgan fingerprint density at radius 1 is 1.06 bits per heavy atom. The molecule has 0 unspecified atom stereocenters. The van der Waals surface area contributed by atoms with Gasteiger partial charge in [0.25, 0.3) is 0 Å². The molecule has 5 heteroatoms. The summed E-state index contributed by atoms with van der Waals surface area (Å²) in [5, 5.41) is 1.17. The highest BCUT2D eigenvalue weighted by Gasteiger charge is 2.29. The lowest BCUT2D eigenvalue weighted by Gasteiger charge is -2.07. The fourth-order valence-electron chi connectivity index (χ4n) is 1.79. The zero-order valence-corrected chi connectivity index (χ0v) is 12.4. The molecule has 18 heavy (non-hydrogen) atoms. The van der Waals surface area contributed by atoms with Gasteiger partial charge in [-0.25, -0.2) is 9.97 Å². The third-order valence-electron chi connectivity index (χ3n) is 2.90. The van der Waals surface area contributed by atoms with E-state index in [-0.39, 0.29) is 0 Å². The van der Waals surface area contributed by atoms with Gasteiger partial charge in [-0.2, -0.15) is 0 Å². The topological polar surface area (TPSA) is 25.8 Å². The predicted octanol–water partition coefficient (Wildman–Crippen LogP) is 5.09. The summed E-state index contributed by atoms with van der Waals surface area (Å²) in [7, 11) is 0. The van der Waals surface area contributed by atoms with Gasteiger partial charge in [-0.05, 0) is 53.0 Å². The molecule has 1 aliphatic rings. The minimum absolute atomic E-state index is 0.469. The standard InChI is InChI=1S/C13H9BrCl2N2/c14-10-11(7-1-2-7)17-13(18-12(10)16)8-3-5-9(15)6-4-8/h3-7H,1-2H2. The average Bonchev–Trinajstić information content (AvgIpc) is 3.18. The largest absolute Gasteiger partial charge is 0.231 e.